The lowest BCUT2D eigenvalue weighted by atomic mass is 9.90. The van der Waals surface area contributed by atoms with Gasteiger partial charge in [0, 0.05) is 30.7 Å². The summed E-state index contributed by atoms with van der Waals surface area (Å²) in [5.41, 5.74) is 8.94. The maximum Gasteiger partial charge on any atom is 0.251 e. The first-order valence-corrected chi connectivity index (χ1v) is 10.9. The SMILES string of the molecule is O=C(NCC1NNC2CCCCCC21)c1ccc(CN2CCCCC2)cc1. The van der Waals surface area contributed by atoms with Crippen LogP contribution in [0.1, 0.15) is 67.3 Å². The Kier molecular flexibility index (Phi) is 6.43. The van der Waals surface area contributed by atoms with Crippen LogP contribution in [0.5, 0.6) is 0 Å². The molecule has 0 aromatic heterocycles. The second kappa shape index (κ2) is 9.18. The minimum Gasteiger partial charge on any atom is -0.350 e. The first-order valence-electron chi connectivity index (χ1n) is 10.9. The number of fused-ring (bicyclic) bond motifs is 1. The summed E-state index contributed by atoms with van der Waals surface area (Å²) in [6.45, 7) is 4.10. The molecule has 0 bridgehead atoms. The van der Waals surface area contributed by atoms with Crippen LogP contribution in [0.2, 0.25) is 0 Å². The zero-order valence-corrected chi connectivity index (χ0v) is 16.4. The largest absolute Gasteiger partial charge is 0.350 e. The molecule has 3 unspecified atom stereocenters. The number of nitrogens with one attached hydrogen (secondary N) is 3. The van der Waals surface area contributed by atoms with Crippen LogP contribution in [0.3, 0.4) is 0 Å². The topological polar surface area (TPSA) is 56.4 Å². The van der Waals surface area contributed by atoms with Gasteiger partial charge in [0.15, 0.2) is 0 Å². The van der Waals surface area contributed by atoms with E-state index in [-0.39, 0.29) is 5.91 Å². The molecule has 3 aliphatic rings. The quantitative estimate of drug-likeness (QED) is 0.746. The summed E-state index contributed by atoms with van der Waals surface area (Å²) in [4.78, 5) is 15.1. The Hall–Kier alpha value is -1.43. The van der Waals surface area contributed by atoms with Crippen molar-refractivity contribution in [2.45, 2.75) is 70.0 Å². The first kappa shape index (κ1) is 18.9. The van der Waals surface area contributed by atoms with Gasteiger partial charge in [-0.05, 0) is 62.4 Å². The minimum absolute atomic E-state index is 0.0402. The van der Waals surface area contributed by atoms with Crippen molar-refractivity contribution in [3.8, 4) is 0 Å². The summed E-state index contributed by atoms with van der Waals surface area (Å²) in [7, 11) is 0. The number of piperidine rings is 1. The van der Waals surface area contributed by atoms with Gasteiger partial charge in [-0.3, -0.25) is 20.5 Å². The van der Waals surface area contributed by atoms with E-state index in [0.717, 1.165) is 12.1 Å². The molecular formula is C22H34N4O. The van der Waals surface area contributed by atoms with Crippen molar-refractivity contribution in [3.63, 3.8) is 0 Å². The van der Waals surface area contributed by atoms with Crippen LogP contribution in [0.25, 0.3) is 0 Å². The molecule has 0 spiro atoms. The number of likely N-dealkylation sites (tertiary alicyclic amines) is 1. The van der Waals surface area contributed by atoms with Crippen LogP contribution in [-0.4, -0.2) is 42.5 Å². The van der Waals surface area contributed by atoms with Gasteiger partial charge in [0.2, 0.25) is 0 Å². The van der Waals surface area contributed by atoms with Gasteiger partial charge in [-0.1, -0.05) is 37.8 Å². The van der Waals surface area contributed by atoms with Crippen LogP contribution >= 0.6 is 0 Å². The van der Waals surface area contributed by atoms with Crippen LogP contribution in [0.4, 0.5) is 0 Å². The molecule has 1 aromatic rings. The van der Waals surface area contributed by atoms with Crippen molar-refractivity contribution in [2.75, 3.05) is 19.6 Å². The van der Waals surface area contributed by atoms with Gasteiger partial charge in [0.25, 0.3) is 5.91 Å². The Balaban J connectivity index is 1.26. The number of carbonyl (C=O) groups excluding carboxylic acids is 1. The molecule has 1 aliphatic carbocycles. The molecule has 1 saturated carbocycles. The predicted octanol–water partition coefficient (Wildman–Crippen LogP) is 2.83. The van der Waals surface area contributed by atoms with E-state index in [2.05, 4.69) is 33.2 Å². The van der Waals surface area contributed by atoms with Crippen LogP contribution in [0.15, 0.2) is 24.3 Å². The van der Waals surface area contributed by atoms with E-state index in [0.29, 0.717) is 24.5 Å². The third-order valence-corrected chi connectivity index (χ3v) is 6.59. The molecule has 148 valence electrons. The van der Waals surface area contributed by atoms with E-state index < -0.39 is 0 Å². The van der Waals surface area contributed by atoms with E-state index in [1.165, 1.54) is 70.0 Å². The normalized spacial score (nSPS) is 29.1. The molecule has 2 heterocycles. The fraction of sp³-hybridized carbons (Fsp3) is 0.682. The molecule has 5 nitrogen and oxygen atoms in total. The number of benzene rings is 1. The molecule has 2 saturated heterocycles. The van der Waals surface area contributed by atoms with Crippen LogP contribution < -0.4 is 16.2 Å². The molecule has 27 heavy (non-hydrogen) atoms. The van der Waals surface area contributed by atoms with Crippen molar-refractivity contribution >= 4 is 5.91 Å². The lowest BCUT2D eigenvalue weighted by Gasteiger charge is -2.26. The second-order valence-corrected chi connectivity index (χ2v) is 8.55. The third kappa shape index (κ3) is 4.89. The van der Waals surface area contributed by atoms with Crippen LogP contribution in [0, 0.1) is 5.92 Å². The molecule has 0 radical (unpaired) electrons. The van der Waals surface area contributed by atoms with E-state index in [1.807, 2.05) is 12.1 Å². The highest BCUT2D eigenvalue weighted by molar-refractivity contribution is 5.94. The number of hydrogen-bond donors (Lipinski definition) is 3. The maximum atomic E-state index is 12.6. The predicted molar refractivity (Wildman–Crippen MR) is 108 cm³/mol. The molecule has 5 heteroatoms. The van der Waals surface area contributed by atoms with Gasteiger partial charge in [0.05, 0.1) is 0 Å². The minimum atomic E-state index is 0.0402. The number of carbonyl (C=O) groups is 1. The molecule has 4 rings (SSSR count). The van der Waals surface area contributed by atoms with Crippen molar-refractivity contribution in [1.29, 1.82) is 0 Å². The van der Waals surface area contributed by atoms with Gasteiger partial charge in [-0.25, -0.2) is 0 Å². The smallest absolute Gasteiger partial charge is 0.251 e. The van der Waals surface area contributed by atoms with E-state index in [4.69, 9.17) is 0 Å². The standard InChI is InChI=1S/C22H34N4O/c27-22(23-15-21-19-7-3-1-4-8-20(19)24-25-21)18-11-9-17(10-12-18)16-26-13-5-2-6-14-26/h9-12,19-21,24-25H,1-8,13-16H2,(H,23,27). The van der Waals surface area contributed by atoms with Gasteiger partial charge >= 0.3 is 0 Å². The van der Waals surface area contributed by atoms with Crippen molar-refractivity contribution in [2.24, 2.45) is 5.92 Å². The summed E-state index contributed by atoms with van der Waals surface area (Å²) in [5, 5.41) is 3.14. The average molecular weight is 371 g/mol. The number of hydrogen-bond acceptors (Lipinski definition) is 4. The Bertz CT molecular complexity index is 611. The molecule has 2 aliphatic heterocycles. The molecule has 3 N–H and O–H groups in total. The summed E-state index contributed by atoms with van der Waals surface area (Å²) < 4.78 is 0. The van der Waals surface area contributed by atoms with Crippen molar-refractivity contribution < 1.29 is 4.79 Å². The number of nitrogens with zero attached hydrogens (tertiary/aromatic N) is 1. The number of rotatable bonds is 5. The molecule has 1 aromatic carbocycles. The lowest BCUT2D eigenvalue weighted by molar-refractivity contribution is 0.0947. The summed E-state index contributed by atoms with van der Waals surface area (Å²) >= 11 is 0. The average Bonchev–Trinajstić information content (AvgIpc) is 2.93. The van der Waals surface area contributed by atoms with Gasteiger partial charge in [-0.2, -0.15) is 0 Å². The summed E-state index contributed by atoms with van der Waals surface area (Å²) in [6, 6.07) is 9.09. The van der Waals surface area contributed by atoms with Gasteiger partial charge in [0.1, 0.15) is 0 Å². The lowest BCUT2D eigenvalue weighted by Crippen LogP contribution is -2.42. The Morgan fingerprint density at radius 3 is 2.52 bits per heavy atom. The van der Waals surface area contributed by atoms with E-state index >= 15 is 0 Å². The highest BCUT2D eigenvalue weighted by Gasteiger charge is 2.36. The van der Waals surface area contributed by atoms with E-state index in [1.54, 1.807) is 0 Å². The second-order valence-electron chi connectivity index (χ2n) is 8.55. The molecule has 3 fully saturated rings. The van der Waals surface area contributed by atoms with Gasteiger partial charge in [-0.15, -0.1) is 0 Å². The molecule has 3 atom stereocenters. The number of hydrazine groups is 1. The van der Waals surface area contributed by atoms with Crippen molar-refractivity contribution in [3.05, 3.63) is 35.4 Å². The Morgan fingerprint density at radius 1 is 0.963 bits per heavy atom. The zero-order chi connectivity index (χ0) is 18.5. The highest BCUT2D eigenvalue weighted by Crippen LogP contribution is 2.28. The highest BCUT2D eigenvalue weighted by atomic mass is 16.1. The third-order valence-electron chi connectivity index (χ3n) is 6.59. The summed E-state index contributed by atoms with van der Waals surface area (Å²) in [6.07, 6.45) is 10.5. The van der Waals surface area contributed by atoms with Gasteiger partial charge < -0.3 is 5.32 Å². The zero-order valence-electron chi connectivity index (χ0n) is 16.4. The van der Waals surface area contributed by atoms with Crippen LogP contribution in [-0.2, 0) is 6.54 Å². The molecular weight excluding hydrogens is 336 g/mol. The Morgan fingerprint density at radius 2 is 1.70 bits per heavy atom. The van der Waals surface area contributed by atoms with Crippen molar-refractivity contribution in [1.82, 2.24) is 21.1 Å². The fourth-order valence-corrected chi connectivity index (χ4v) is 4.96. The first-order chi connectivity index (χ1) is 13.3. The Labute approximate surface area is 163 Å². The fourth-order valence-electron chi connectivity index (χ4n) is 4.96. The summed E-state index contributed by atoms with van der Waals surface area (Å²) in [5.74, 6) is 0.679. The number of amides is 1. The monoisotopic (exact) mass is 370 g/mol. The maximum absolute atomic E-state index is 12.6. The van der Waals surface area contributed by atoms with E-state index in [9.17, 15) is 4.79 Å². The molecule has 1 amide bonds.